The standard InChI is InChI=1S/C13H27N3/c1-3-13(2,11-14)16-9-5-8-15-7-4-6-12(15)10-16/h12H,3-11,14H2,1-2H3. The van der Waals surface area contributed by atoms with Gasteiger partial charge in [0.2, 0.25) is 0 Å². The van der Waals surface area contributed by atoms with Crippen LogP contribution in [0.15, 0.2) is 0 Å². The van der Waals surface area contributed by atoms with Gasteiger partial charge in [-0.1, -0.05) is 6.92 Å². The van der Waals surface area contributed by atoms with Gasteiger partial charge < -0.3 is 5.73 Å². The van der Waals surface area contributed by atoms with Gasteiger partial charge in [0, 0.05) is 31.2 Å². The zero-order valence-corrected chi connectivity index (χ0v) is 10.9. The van der Waals surface area contributed by atoms with Crippen molar-refractivity contribution in [2.24, 2.45) is 5.73 Å². The van der Waals surface area contributed by atoms with Crippen LogP contribution >= 0.6 is 0 Å². The predicted molar refractivity (Wildman–Crippen MR) is 68.5 cm³/mol. The maximum atomic E-state index is 5.98. The van der Waals surface area contributed by atoms with Crippen molar-refractivity contribution in [1.82, 2.24) is 9.80 Å². The van der Waals surface area contributed by atoms with E-state index in [2.05, 4.69) is 23.6 Å². The second-order valence-electron chi connectivity index (χ2n) is 5.69. The highest BCUT2D eigenvalue weighted by Gasteiger charge is 2.35. The normalized spacial score (nSPS) is 32.1. The van der Waals surface area contributed by atoms with E-state index in [0.717, 1.165) is 19.0 Å². The summed E-state index contributed by atoms with van der Waals surface area (Å²) in [5, 5.41) is 0. The fourth-order valence-electron chi connectivity index (χ4n) is 3.19. The molecular weight excluding hydrogens is 198 g/mol. The minimum absolute atomic E-state index is 0.221. The third-order valence-corrected chi connectivity index (χ3v) is 4.77. The van der Waals surface area contributed by atoms with Crippen molar-refractivity contribution >= 4 is 0 Å². The van der Waals surface area contributed by atoms with Crippen molar-refractivity contribution in [3.8, 4) is 0 Å². The highest BCUT2D eigenvalue weighted by atomic mass is 15.3. The molecule has 0 aromatic rings. The first-order valence-electron chi connectivity index (χ1n) is 6.89. The van der Waals surface area contributed by atoms with Crippen LogP contribution in [-0.4, -0.2) is 54.1 Å². The van der Waals surface area contributed by atoms with E-state index in [9.17, 15) is 0 Å². The third kappa shape index (κ3) is 2.27. The smallest absolute Gasteiger partial charge is 0.0301 e. The molecule has 0 aliphatic carbocycles. The molecule has 3 nitrogen and oxygen atoms in total. The molecule has 2 saturated heterocycles. The van der Waals surface area contributed by atoms with Crippen molar-refractivity contribution in [3.63, 3.8) is 0 Å². The van der Waals surface area contributed by atoms with E-state index in [1.165, 1.54) is 45.4 Å². The molecule has 2 unspecified atom stereocenters. The van der Waals surface area contributed by atoms with Gasteiger partial charge in [0.1, 0.15) is 0 Å². The molecule has 0 radical (unpaired) electrons. The fraction of sp³-hybridized carbons (Fsp3) is 1.00. The Kier molecular flexibility index (Phi) is 3.88. The summed E-state index contributed by atoms with van der Waals surface area (Å²) in [6, 6.07) is 0.805. The molecule has 16 heavy (non-hydrogen) atoms. The number of nitrogens with two attached hydrogens (primary N) is 1. The maximum absolute atomic E-state index is 5.98. The Balaban J connectivity index is 2.04. The van der Waals surface area contributed by atoms with Gasteiger partial charge in [-0.2, -0.15) is 0 Å². The number of fused-ring (bicyclic) bond motifs is 1. The van der Waals surface area contributed by atoms with E-state index in [-0.39, 0.29) is 5.54 Å². The van der Waals surface area contributed by atoms with Gasteiger partial charge in [-0.05, 0) is 45.7 Å². The van der Waals surface area contributed by atoms with E-state index < -0.39 is 0 Å². The molecule has 0 spiro atoms. The average molecular weight is 225 g/mol. The fourth-order valence-corrected chi connectivity index (χ4v) is 3.19. The molecule has 2 rings (SSSR count). The quantitative estimate of drug-likeness (QED) is 0.785. The Morgan fingerprint density at radius 3 is 2.69 bits per heavy atom. The zero-order valence-electron chi connectivity index (χ0n) is 10.9. The minimum Gasteiger partial charge on any atom is -0.329 e. The summed E-state index contributed by atoms with van der Waals surface area (Å²) in [6.45, 7) is 10.5. The van der Waals surface area contributed by atoms with Crippen LogP contribution in [-0.2, 0) is 0 Å². The third-order valence-electron chi connectivity index (χ3n) is 4.77. The SMILES string of the molecule is CCC(C)(CN)N1CCCN2CCCC2C1. The molecule has 2 fully saturated rings. The molecule has 2 N–H and O–H groups in total. The highest BCUT2D eigenvalue weighted by molar-refractivity contribution is 4.93. The summed E-state index contributed by atoms with van der Waals surface area (Å²) in [5.41, 5.74) is 6.20. The van der Waals surface area contributed by atoms with Crippen LogP contribution in [0.1, 0.15) is 39.5 Å². The molecule has 0 bridgehead atoms. The molecule has 0 aromatic heterocycles. The van der Waals surface area contributed by atoms with Crippen LogP contribution in [0.2, 0.25) is 0 Å². The van der Waals surface area contributed by atoms with Crippen molar-refractivity contribution in [1.29, 1.82) is 0 Å². The van der Waals surface area contributed by atoms with Crippen LogP contribution in [0, 0.1) is 0 Å². The average Bonchev–Trinajstić information content (AvgIpc) is 2.65. The van der Waals surface area contributed by atoms with E-state index in [1.54, 1.807) is 0 Å². The first-order valence-corrected chi connectivity index (χ1v) is 6.89. The molecule has 0 saturated carbocycles. The molecule has 0 amide bonds. The first-order chi connectivity index (χ1) is 7.69. The molecule has 2 atom stereocenters. The lowest BCUT2D eigenvalue weighted by atomic mass is 9.95. The van der Waals surface area contributed by atoms with E-state index in [0.29, 0.717) is 0 Å². The Labute approximate surface area is 100.0 Å². The lowest BCUT2D eigenvalue weighted by Gasteiger charge is -2.40. The summed E-state index contributed by atoms with van der Waals surface area (Å²) in [7, 11) is 0. The van der Waals surface area contributed by atoms with Gasteiger partial charge in [0.25, 0.3) is 0 Å². The molecular formula is C13H27N3. The highest BCUT2D eigenvalue weighted by Crippen LogP contribution is 2.26. The molecule has 0 aromatic carbocycles. The van der Waals surface area contributed by atoms with Gasteiger partial charge in [-0.25, -0.2) is 0 Å². The van der Waals surface area contributed by atoms with Gasteiger partial charge in [-0.3, -0.25) is 9.80 Å². The second-order valence-corrected chi connectivity index (χ2v) is 5.69. The number of nitrogens with zero attached hydrogens (tertiary/aromatic N) is 2. The van der Waals surface area contributed by atoms with Crippen LogP contribution in [0.5, 0.6) is 0 Å². The maximum Gasteiger partial charge on any atom is 0.0301 e. The van der Waals surface area contributed by atoms with Crippen LogP contribution in [0.25, 0.3) is 0 Å². The molecule has 2 aliphatic rings. The van der Waals surface area contributed by atoms with Gasteiger partial charge in [0.05, 0.1) is 0 Å². The van der Waals surface area contributed by atoms with Crippen molar-refractivity contribution in [3.05, 3.63) is 0 Å². The van der Waals surface area contributed by atoms with Gasteiger partial charge in [0.15, 0.2) is 0 Å². The molecule has 94 valence electrons. The largest absolute Gasteiger partial charge is 0.329 e. The van der Waals surface area contributed by atoms with Crippen LogP contribution in [0.3, 0.4) is 0 Å². The van der Waals surface area contributed by atoms with Crippen molar-refractivity contribution < 1.29 is 0 Å². The van der Waals surface area contributed by atoms with Gasteiger partial charge >= 0.3 is 0 Å². The molecule has 3 heteroatoms. The monoisotopic (exact) mass is 225 g/mol. The van der Waals surface area contributed by atoms with E-state index in [4.69, 9.17) is 5.73 Å². The lowest BCUT2D eigenvalue weighted by Crippen LogP contribution is -2.53. The summed E-state index contributed by atoms with van der Waals surface area (Å²) < 4.78 is 0. The number of hydrogen-bond acceptors (Lipinski definition) is 3. The predicted octanol–water partition coefficient (Wildman–Crippen LogP) is 1.28. The first kappa shape index (κ1) is 12.3. The summed E-state index contributed by atoms with van der Waals surface area (Å²) in [4.78, 5) is 5.34. The van der Waals surface area contributed by atoms with Crippen molar-refractivity contribution in [2.45, 2.75) is 51.1 Å². The Morgan fingerprint density at radius 2 is 2.00 bits per heavy atom. The van der Waals surface area contributed by atoms with E-state index in [1.807, 2.05) is 0 Å². The lowest BCUT2D eigenvalue weighted by molar-refractivity contribution is 0.0958. The Hall–Kier alpha value is -0.120. The molecule has 2 aliphatic heterocycles. The van der Waals surface area contributed by atoms with Crippen LogP contribution < -0.4 is 5.73 Å². The minimum atomic E-state index is 0.221. The topological polar surface area (TPSA) is 32.5 Å². The Bertz CT molecular complexity index is 225. The second kappa shape index (κ2) is 5.03. The summed E-state index contributed by atoms with van der Waals surface area (Å²) in [6.07, 6.45) is 5.26. The van der Waals surface area contributed by atoms with E-state index >= 15 is 0 Å². The Morgan fingerprint density at radius 1 is 1.25 bits per heavy atom. The van der Waals surface area contributed by atoms with Gasteiger partial charge in [-0.15, -0.1) is 0 Å². The van der Waals surface area contributed by atoms with Crippen LogP contribution in [0.4, 0.5) is 0 Å². The zero-order chi connectivity index (χ0) is 11.6. The number of hydrogen-bond donors (Lipinski definition) is 1. The summed E-state index contributed by atoms with van der Waals surface area (Å²) >= 11 is 0. The number of rotatable bonds is 3. The summed E-state index contributed by atoms with van der Waals surface area (Å²) in [5.74, 6) is 0. The van der Waals surface area contributed by atoms with Crippen molar-refractivity contribution in [2.75, 3.05) is 32.7 Å². The molecule has 2 heterocycles.